The number of aromatic nitrogens is 2. The van der Waals surface area contributed by atoms with Gasteiger partial charge in [0.2, 0.25) is 0 Å². The van der Waals surface area contributed by atoms with Crippen LogP contribution in [-0.4, -0.2) is 22.4 Å². The van der Waals surface area contributed by atoms with Crippen molar-refractivity contribution in [2.24, 2.45) is 0 Å². The third-order valence-corrected chi connectivity index (χ3v) is 3.65. The molecule has 0 unspecified atom stereocenters. The maximum Gasteiger partial charge on any atom is 0.253 e. The number of carbonyl (C=O) groups is 1. The van der Waals surface area contributed by atoms with E-state index >= 15 is 0 Å². The average Bonchev–Trinajstić information content (AvgIpc) is 2.92. The highest BCUT2D eigenvalue weighted by Crippen LogP contribution is 2.16. The predicted octanol–water partition coefficient (Wildman–Crippen LogP) is 3.23. The second-order valence-electron chi connectivity index (χ2n) is 5.37. The number of fused-ring (bicyclic) bond motifs is 1. The number of hydrogen-bond donors (Lipinski definition) is 2. The van der Waals surface area contributed by atoms with E-state index in [2.05, 4.69) is 27.4 Å². The van der Waals surface area contributed by atoms with Crippen LogP contribution in [0.4, 0.5) is 0 Å². The molecule has 112 valence electrons. The SMILES string of the molecule is Cc1nc2c(C(=O)NCCCc3ccccc3)cccc2[nH]1. The quantitative estimate of drug-likeness (QED) is 0.710. The van der Waals surface area contributed by atoms with Gasteiger partial charge < -0.3 is 10.3 Å². The minimum atomic E-state index is -0.0647. The lowest BCUT2D eigenvalue weighted by Crippen LogP contribution is -2.25. The number of H-pyrrole nitrogens is 1. The molecule has 1 aromatic heterocycles. The van der Waals surface area contributed by atoms with Crippen LogP contribution in [0.5, 0.6) is 0 Å². The van der Waals surface area contributed by atoms with Crippen LogP contribution in [0.25, 0.3) is 11.0 Å². The summed E-state index contributed by atoms with van der Waals surface area (Å²) in [6.45, 7) is 2.55. The summed E-state index contributed by atoms with van der Waals surface area (Å²) < 4.78 is 0. The molecule has 0 aliphatic rings. The van der Waals surface area contributed by atoms with Gasteiger partial charge in [-0.15, -0.1) is 0 Å². The van der Waals surface area contributed by atoms with Gasteiger partial charge in [0.05, 0.1) is 11.1 Å². The minimum Gasteiger partial charge on any atom is -0.352 e. The van der Waals surface area contributed by atoms with E-state index in [1.54, 1.807) is 0 Å². The molecule has 2 aromatic carbocycles. The summed E-state index contributed by atoms with van der Waals surface area (Å²) in [5, 5.41) is 2.98. The number of nitrogens with one attached hydrogen (secondary N) is 2. The van der Waals surface area contributed by atoms with Crippen LogP contribution < -0.4 is 5.32 Å². The third-order valence-electron chi connectivity index (χ3n) is 3.65. The Kier molecular flexibility index (Phi) is 4.19. The number of benzene rings is 2. The molecule has 3 aromatic rings. The number of aromatic amines is 1. The number of para-hydroxylation sites is 1. The fourth-order valence-electron chi connectivity index (χ4n) is 2.57. The molecule has 0 bridgehead atoms. The molecule has 1 heterocycles. The number of amides is 1. The van der Waals surface area contributed by atoms with Gasteiger partial charge in [0.1, 0.15) is 11.3 Å². The van der Waals surface area contributed by atoms with E-state index in [-0.39, 0.29) is 5.91 Å². The Hall–Kier alpha value is -2.62. The zero-order chi connectivity index (χ0) is 15.4. The summed E-state index contributed by atoms with van der Waals surface area (Å²) in [5.41, 5.74) is 3.55. The molecule has 0 aliphatic carbocycles. The number of rotatable bonds is 5. The third kappa shape index (κ3) is 3.17. The van der Waals surface area contributed by atoms with Gasteiger partial charge in [0, 0.05) is 6.54 Å². The summed E-state index contributed by atoms with van der Waals surface area (Å²) in [6.07, 6.45) is 1.89. The summed E-state index contributed by atoms with van der Waals surface area (Å²) in [4.78, 5) is 19.9. The summed E-state index contributed by atoms with van der Waals surface area (Å²) in [5.74, 6) is 0.754. The Bertz CT molecular complexity index is 777. The number of aryl methyl sites for hydroxylation is 2. The van der Waals surface area contributed by atoms with Gasteiger partial charge in [-0.1, -0.05) is 36.4 Å². The molecule has 0 fully saturated rings. The zero-order valence-electron chi connectivity index (χ0n) is 12.6. The first-order chi connectivity index (χ1) is 10.7. The lowest BCUT2D eigenvalue weighted by molar-refractivity contribution is 0.0954. The lowest BCUT2D eigenvalue weighted by atomic mass is 10.1. The second kappa shape index (κ2) is 6.43. The molecule has 4 heteroatoms. The molecule has 0 saturated carbocycles. The van der Waals surface area contributed by atoms with E-state index < -0.39 is 0 Å². The molecule has 2 N–H and O–H groups in total. The summed E-state index contributed by atoms with van der Waals surface area (Å²) >= 11 is 0. The Morgan fingerprint density at radius 2 is 1.95 bits per heavy atom. The maximum absolute atomic E-state index is 12.3. The van der Waals surface area contributed by atoms with Gasteiger partial charge in [0.15, 0.2) is 0 Å². The van der Waals surface area contributed by atoms with E-state index in [0.29, 0.717) is 12.1 Å². The van der Waals surface area contributed by atoms with Gasteiger partial charge in [-0.2, -0.15) is 0 Å². The standard InChI is InChI=1S/C18H19N3O/c1-13-20-16-11-5-10-15(17(16)21-13)18(22)19-12-6-9-14-7-3-2-4-8-14/h2-5,7-8,10-11H,6,9,12H2,1H3,(H,19,22)(H,20,21). The molecule has 0 radical (unpaired) electrons. The van der Waals surface area contributed by atoms with Crippen molar-refractivity contribution in [3.63, 3.8) is 0 Å². The second-order valence-corrected chi connectivity index (χ2v) is 5.37. The van der Waals surface area contributed by atoms with Crippen LogP contribution in [0.2, 0.25) is 0 Å². The lowest BCUT2D eigenvalue weighted by Gasteiger charge is -2.06. The van der Waals surface area contributed by atoms with Gasteiger partial charge >= 0.3 is 0 Å². The Morgan fingerprint density at radius 3 is 2.77 bits per heavy atom. The zero-order valence-corrected chi connectivity index (χ0v) is 12.6. The van der Waals surface area contributed by atoms with Crippen LogP contribution in [-0.2, 0) is 6.42 Å². The molecule has 3 rings (SSSR count). The first kappa shape index (κ1) is 14.3. The molecule has 1 amide bonds. The average molecular weight is 293 g/mol. The van der Waals surface area contributed by atoms with E-state index in [1.807, 2.05) is 43.3 Å². The molecule has 4 nitrogen and oxygen atoms in total. The van der Waals surface area contributed by atoms with Crippen molar-refractivity contribution < 1.29 is 4.79 Å². The summed E-state index contributed by atoms with van der Waals surface area (Å²) in [6, 6.07) is 15.9. The van der Waals surface area contributed by atoms with Gasteiger partial charge in [-0.3, -0.25) is 4.79 Å². The van der Waals surface area contributed by atoms with Gasteiger partial charge in [-0.05, 0) is 37.5 Å². The van der Waals surface area contributed by atoms with E-state index in [9.17, 15) is 4.79 Å². The Morgan fingerprint density at radius 1 is 1.14 bits per heavy atom. The number of nitrogens with zero attached hydrogens (tertiary/aromatic N) is 1. The largest absolute Gasteiger partial charge is 0.352 e. The smallest absolute Gasteiger partial charge is 0.253 e. The molecule has 0 atom stereocenters. The molecular weight excluding hydrogens is 274 g/mol. The van der Waals surface area contributed by atoms with E-state index in [4.69, 9.17) is 0 Å². The van der Waals surface area contributed by atoms with E-state index in [1.165, 1.54) is 5.56 Å². The van der Waals surface area contributed by atoms with Gasteiger partial charge in [0.25, 0.3) is 5.91 Å². The normalized spacial score (nSPS) is 10.8. The van der Waals surface area contributed by atoms with Crippen molar-refractivity contribution in [2.45, 2.75) is 19.8 Å². The number of carbonyl (C=O) groups excluding carboxylic acids is 1. The highest BCUT2D eigenvalue weighted by atomic mass is 16.1. The number of imidazole rings is 1. The molecule has 0 saturated heterocycles. The topological polar surface area (TPSA) is 57.8 Å². The Labute approximate surface area is 129 Å². The summed E-state index contributed by atoms with van der Waals surface area (Å²) in [7, 11) is 0. The van der Waals surface area contributed by atoms with Crippen molar-refractivity contribution >= 4 is 16.9 Å². The van der Waals surface area contributed by atoms with Crippen molar-refractivity contribution in [1.29, 1.82) is 0 Å². The maximum atomic E-state index is 12.3. The first-order valence-corrected chi connectivity index (χ1v) is 7.51. The Balaban J connectivity index is 1.59. The molecule has 22 heavy (non-hydrogen) atoms. The van der Waals surface area contributed by atoms with Crippen LogP contribution in [0, 0.1) is 6.92 Å². The molecular formula is C18H19N3O. The van der Waals surface area contributed by atoms with Crippen molar-refractivity contribution in [2.75, 3.05) is 6.54 Å². The fourth-order valence-corrected chi connectivity index (χ4v) is 2.57. The minimum absolute atomic E-state index is 0.0647. The molecule has 0 spiro atoms. The van der Waals surface area contributed by atoms with Crippen molar-refractivity contribution in [1.82, 2.24) is 15.3 Å². The highest BCUT2D eigenvalue weighted by molar-refractivity contribution is 6.04. The first-order valence-electron chi connectivity index (χ1n) is 7.51. The van der Waals surface area contributed by atoms with Crippen molar-refractivity contribution in [3.05, 3.63) is 65.5 Å². The van der Waals surface area contributed by atoms with Crippen LogP contribution in [0.1, 0.15) is 28.2 Å². The number of hydrogen-bond acceptors (Lipinski definition) is 2. The van der Waals surface area contributed by atoms with Crippen LogP contribution >= 0.6 is 0 Å². The van der Waals surface area contributed by atoms with E-state index in [0.717, 1.165) is 29.7 Å². The van der Waals surface area contributed by atoms with Crippen molar-refractivity contribution in [3.8, 4) is 0 Å². The van der Waals surface area contributed by atoms with Gasteiger partial charge in [-0.25, -0.2) is 4.98 Å². The fraction of sp³-hybridized carbons (Fsp3) is 0.222. The highest BCUT2D eigenvalue weighted by Gasteiger charge is 2.12. The molecule has 0 aliphatic heterocycles. The monoisotopic (exact) mass is 293 g/mol. The van der Waals surface area contributed by atoms with Crippen LogP contribution in [0.15, 0.2) is 48.5 Å². The predicted molar refractivity (Wildman–Crippen MR) is 87.9 cm³/mol. The van der Waals surface area contributed by atoms with Crippen LogP contribution in [0.3, 0.4) is 0 Å².